The van der Waals surface area contributed by atoms with Gasteiger partial charge in [-0.3, -0.25) is 14.4 Å². The summed E-state index contributed by atoms with van der Waals surface area (Å²) < 4.78 is 46.5. The smallest absolute Gasteiger partial charge is 0.305 e. The molecule has 0 spiro atoms. The molecule has 0 fully saturated rings. The first-order chi connectivity index (χ1) is 36.3. The molecule has 3 heterocycles. The zero-order valence-electron chi connectivity index (χ0n) is 44.2. The topological polar surface area (TPSA) is 173 Å². The number of nitrogens with one attached hydrogen (secondary N) is 1. The number of esters is 1. The molecule has 0 radical (unpaired) electrons. The number of carbonyl (C=O) groups excluding carboxylic acids is 3. The van der Waals surface area contributed by atoms with Crippen molar-refractivity contribution in [3.05, 3.63) is 124 Å². The predicted octanol–water partition coefficient (Wildman–Crippen LogP) is 8.98. The first-order valence-electron chi connectivity index (χ1n) is 25.6. The molecule has 5 aromatic rings. The van der Waals surface area contributed by atoms with Gasteiger partial charge in [0.05, 0.1) is 77.2 Å². The molecule has 0 saturated carbocycles. The van der Waals surface area contributed by atoms with Gasteiger partial charge in [-0.15, -0.1) is 0 Å². The van der Waals surface area contributed by atoms with E-state index in [4.69, 9.17) is 43.6 Å². The minimum absolute atomic E-state index is 0.0272. The van der Waals surface area contributed by atoms with Gasteiger partial charge in [-0.1, -0.05) is 36.4 Å². The SMILES string of the molecule is COCCOCCOCCN(CC(C)(C)SCCCC(=O)OC)c1cc(COc2cc(N)c(C(=O)N3c4ccccc4C[C@H]3C)cc2OC)cc(COc2cc3c(cc2OC)C(=O)N2c4ccccc4C[C@H]2CN3)c1. The minimum Gasteiger partial charge on any atom is -0.493 e. The Bertz CT molecular complexity index is 2810. The molecule has 0 aliphatic carbocycles. The van der Waals surface area contributed by atoms with Crippen LogP contribution in [0.1, 0.15) is 76.6 Å². The fourth-order valence-electron chi connectivity index (χ4n) is 9.98. The molecule has 17 heteroatoms. The zero-order valence-corrected chi connectivity index (χ0v) is 45.1. The molecule has 0 unspecified atom stereocenters. The summed E-state index contributed by atoms with van der Waals surface area (Å²) in [7, 11) is 6.17. The third-order valence-corrected chi connectivity index (χ3v) is 15.1. The minimum atomic E-state index is -0.252. The van der Waals surface area contributed by atoms with Gasteiger partial charge in [0, 0.05) is 78.8 Å². The maximum absolute atomic E-state index is 14.2. The molecule has 2 amide bonds. The number of carbonyl (C=O) groups is 3. The number of anilines is 5. The monoisotopic (exact) mass is 1050 g/mol. The van der Waals surface area contributed by atoms with Gasteiger partial charge < -0.3 is 63.6 Å². The average molecular weight is 1050 g/mol. The second kappa shape index (κ2) is 25.2. The van der Waals surface area contributed by atoms with Crippen molar-refractivity contribution >= 4 is 58.0 Å². The third kappa shape index (κ3) is 13.2. The quantitative estimate of drug-likeness (QED) is 0.0305. The summed E-state index contributed by atoms with van der Waals surface area (Å²) >= 11 is 1.79. The highest BCUT2D eigenvalue weighted by Gasteiger charge is 2.38. The Morgan fingerprint density at radius 3 is 2.11 bits per heavy atom. The number of fused-ring (bicyclic) bond motifs is 5. The predicted molar refractivity (Wildman–Crippen MR) is 295 cm³/mol. The molecule has 75 heavy (non-hydrogen) atoms. The summed E-state index contributed by atoms with van der Waals surface area (Å²) in [5.74, 6) is 1.91. The molecule has 3 aliphatic heterocycles. The van der Waals surface area contributed by atoms with E-state index >= 15 is 0 Å². The van der Waals surface area contributed by atoms with Crippen LogP contribution in [0.4, 0.5) is 28.4 Å². The first kappa shape index (κ1) is 54.6. The van der Waals surface area contributed by atoms with Gasteiger partial charge in [0.25, 0.3) is 11.8 Å². The number of amides is 2. The third-order valence-electron chi connectivity index (χ3n) is 13.7. The fourth-order valence-corrected chi connectivity index (χ4v) is 11.1. The van der Waals surface area contributed by atoms with Crippen LogP contribution in [0.2, 0.25) is 0 Å². The van der Waals surface area contributed by atoms with Crippen molar-refractivity contribution in [2.75, 3.05) is 113 Å². The lowest BCUT2D eigenvalue weighted by atomic mass is 10.1. The van der Waals surface area contributed by atoms with E-state index in [-0.39, 0.29) is 53.5 Å². The Hall–Kier alpha value is -6.66. The van der Waals surface area contributed by atoms with E-state index in [9.17, 15) is 14.4 Å². The number of ether oxygens (including phenoxy) is 8. The number of nitrogens with zero attached hydrogens (tertiary/aromatic N) is 3. The summed E-state index contributed by atoms with van der Waals surface area (Å²) in [6, 6.07) is 29.1. The molecular weight excluding hydrogens is 975 g/mol. The lowest BCUT2D eigenvalue weighted by molar-refractivity contribution is -0.140. The number of nitrogen functional groups attached to an aromatic ring is 1. The Morgan fingerprint density at radius 2 is 1.41 bits per heavy atom. The highest BCUT2D eigenvalue weighted by atomic mass is 32.2. The molecule has 0 bridgehead atoms. The summed E-state index contributed by atoms with van der Waals surface area (Å²) in [4.78, 5) is 46.3. The van der Waals surface area contributed by atoms with Crippen LogP contribution in [-0.2, 0) is 49.8 Å². The van der Waals surface area contributed by atoms with Gasteiger partial charge in [-0.05, 0) is 111 Å². The van der Waals surface area contributed by atoms with E-state index in [1.807, 2.05) is 66.4 Å². The number of benzene rings is 5. The Labute approximate surface area is 445 Å². The largest absolute Gasteiger partial charge is 0.493 e. The van der Waals surface area contributed by atoms with Crippen molar-refractivity contribution in [1.29, 1.82) is 0 Å². The number of hydrogen-bond acceptors (Lipinski definition) is 15. The average Bonchev–Trinajstić information content (AvgIpc) is 3.92. The molecule has 0 aromatic heterocycles. The second-order valence-electron chi connectivity index (χ2n) is 19.6. The lowest BCUT2D eigenvalue weighted by Crippen LogP contribution is -2.39. The second-order valence-corrected chi connectivity index (χ2v) is 21.4. The van der Waals surface area contributed by atoms with Crippen LogP contribution >= 0.6 is 11.8 Å². The van der Waals surface area contributed by atoms with Crippen LogP contribution < -0.4 is 44.7 Å². The molecule has 16 nitrogen and oxygen atoms in total. The zero-order chi connectivity index (χ0) is 53.1. The molecule has 0 saturated heterocycles. The van der Waals surface area contributed by atoms with Gasteiger partial charge in [-0.25, -0.2) is 0 Å². The molecule has 3 N–H and O–H groups in total. The van der Waals surface area contributed by atoms with Gasteiger partial charge in [0.15, 0.2) is 23.0 Å². The molecule has 400 valence electrons. The van der Waals surface area contributed by atoms with Crippen LogP contribution in [-0.4, -0.2) is 121 Å². The van der Waals surface area contributed by atoms with Crippen molar-refractivity contribution in [2.45, 2.75) is 76.5 Å². The van der Waals surface area contributed by atoms with Crippen LogP contribution in [0.25, 0.3) is 0 Å². The van der Waals surface area contributed by atoms with Crippen molar-refractivity contribution in [1.82, 2.24) is 0 Å². The van der Waals surface area contributed by atoms with Crippen molar-refractivity contribution in [3.63, 3.8) is 0 Å². The molecular formula is C58H71N5O11S. The number of methoxy groups -OCH3 is 4. The Kier molecular flexibility index (Phi) is 18.4. The summed E-state index contributed by atoms with van der Waals surface area (Å²) in [6.45, 7) is 10.7. The highest BCUT2D eigenvalue weighted by Crippen LogP contribution is 2.42. The number of rotatable bonds is 26. The van der Waals surface area contributed by atoms with Gasteiger partial charge >= 0.3 is 5.97 Å². The number of para-hydroxylation sites is 2. The van der Waals surface area contributed by atoms with Gasteiger partial charge in [0.1, 0.15) is 13.2 Å². The lowest BCUT2D eigenvalue weighted by Gasteiger charge is -2.34. The van der Waals surface area contributed by atoms with Crippen LogP contribution in [0, 0.1) is 0 Å². The standard InChI is InChI=1S/C58H71N5O11S/c1-38-25-41-13-8-10-15-49(41)62(38)56(65)45-30-51(68-5)53(32-47(45)59)73-35-39-26-40(28-43(27-39)61(18-19-71-22-23-72-21-20-67-4)37-58(2,3)75-24-12-17-55(64)70-7)36-74-54-33-48-46(31-52(54)69-6)57(66)63-44(34-60-48)29-42-14-9-11-16-50(42)63/h8-11,13-16,26-28,30-33,38,44,60H,12,17-25,29,34-37,59H2,1-7H3/t38-,44+/m1/s1. The van der Waals surface area contributed by atoms with Gasteiger partial charge in [-0.2, -0.15) is 11.8 Å². The van der Waals surface area contributed by atoms with E-state index in [1.165, 1.54) is 7.11 Å². The van der Waals surface area contributed by atoms with Crippen molar-refractivity contribution < 1.29 is 52.3 Å². The van der Waals surface area contributed by atoms with E-state index in [1.54, 1.807) is 56.2 Å². The highest BCUT2D eigenvalue weighted by molar-refractivity contribution is 8.00. The van der Waals surface area contributed by atoms with Crippen LogP contribution in [0.15, 0.2) is 91.0 Å². The molecule has 8 rings (SSSR count). The Balaban J connectivity index is 1.08. The van der Waals surface area contributed by atoms with Crippen molar-refractivity contribution in [3.8, 4) is 23.0 Å². The van der Waals surface area contributed by atoms with Crippen LogP contribution in [0.3, 0.4) is 0 Å². The van der Waals surface area contributed by atoms with E-state index in [0.717, 1.165) is 57.9 Å². The number of nitrogens with two attached hydrogens (primary N) is 1. The maximum Gasteiger partial charge on any atom is 0.305 e. The van der Waals surface area contributed by atoms with E-state index in [0.29, 0.717) is 105 Å². The number of hydrogen-bond donors (Lipinski definition) is 2. The summed E-state index contributed by atoms with van der Waals surface area (Å²) in [5, 5.41) is 3.54. The van der Waals surface area contributed by atoms with E-state index in [2.05, 4.69) is 42.3 Å². The first-order valence-corrected chi connectivity index (χ1v) is 26.5. The Morgan fingerprint density at radius 1 is 0.773 bits per heavy atom. The van der Waals surface area contributed by atoms with Gasteiger partial charge in [0.2, 0.25) is 0 Å². The molecule has 5 aromatic carbocycles. The molecule has 2 atom stereocenters. The summed E-state index contributed by atoms with van der Waals surface area (Å²) in [5.41, 5.74) is 15.1. The number of thioether (sulfide) groups is 1. The normalized spacial score (nSPS) is 15.5. The van der Waals surface area contributed by atoms with Crippen LogP contribution in [0.5, 0.6) is 23.0 Å². The van der Waals surface area contributed by atoms with E-state index < -0.39 is 0 Å². The fraction of sp³-hybridized carbons (Fsp3) is 0.431. The molecule has 3 aliphatic rings. The maximum atomic E-state index is 14.2. The van der Waals surface area contributed by atoms with Crippen molar-refractivity contribution in [2.24, 2.45) is 0 Å². The summed E-state index contributed by atoms with van der Waals surface area (Å²) in [6.07, 6.45) is 2.56.